The summed E-state index contributed by atoms with van der Waals surface area (Å²) in [5, 5.41) is 10.8. The number of benzene rings is 1. The summed E-state index contributed by atoms with van der Waals surface area (Å²) in [5.41, 5.74) is 0.763. The molecule has 0 aliphatic carbocycles. The Bertz CT molecular complexity index is 481. The number of hydrogen-bond acceptors (Lipinski definition) is 5. The van der Waals surface area contributed by atoms with Crippen molar-refractivity contribution >= 4 is 17.9 Å². The quantitative estimate of drug-likeness (QED) is 0.342. The molecular formula is C11H11NO5. The van der Waals surface area contributed by atoms with Gasteiger partial charge >= 0.3 is 5.97 Å². The Balaban J connectivity index is 3.31. The van der Waals surface area contributed by atoms with Crippen molar-refractivity contribution in [2.45, 2.75) is 13.3 Å². The summed E-state index contributed by atoms with van der Waals surface area (Å²) in [5.74, 6) is -0.560. The summed E-state index contributed by atoms with van der Waals surface area (Å²) < 4.78 is 4.47. The van der Waals surface area contributed by atoms with Crippen LogP contribution in [0.3, 0.4) is 0 Å². The molecule has 0 aliphatic heterocycles. The molecule has 6 nitrogen and oxygen atoms in total. The predicted octanol–water partition coefficient (Wildman–Crippen LogP) is 1.43. The zero-order valence-electron chi connectivity index (χ0n) is 9.43. The van der Waals surface area contributed by atoms with Gasteiger partial charge in [0.2, 0.25) is 0 Å². The number of nitro benzene ring substituents is 1. The Morgan fingerprint density at radius 3 is 2.65 bits per heavy atom. The van der Waals surface area contributed by atoms with Crippen LogP contribution in [0.15, 0.2) is 12.1 Å². The lowest BCUT2D eigenvalue weighted by molar-refractivity contribution is -0.385. The molecule has 0 spiro atoms. The molecule has 0 bridgehead atoms. The van der Waals surface area contributed by atoms with Gasteiger partial charge in [-0.05, 0) is 18.6 Å². The van der Waals surface area contributed by atoms with E-state index in [0.717, 1.165) is 6.07 Å². The highest BCUT2D eigenvalue weighted by molar-refractivity contribution is 5.80. The minimum absolute atomic E-state index is 0.183. The fraction of sp³-hybridized carbons (Fsp3) is 0.273. The summed E-state index contributed by atoms with van der Waals surface area (Å²) in [6.07, 6.45) is 0.347. The van der Waals surface area contributed by atoms with Crippen molar-refractivity contribution in [2.24, 2.45) is 0 Å². The number of ether oxygens (including phenoxy) is 1. The van der Waals surface area contributed by atoms with Crippen LogP contribution in [0.4, 0.5) is 5.69 Å². The number of aldehydes is 1. The summed E-state index contributed by atoms with van der Waals surface area (Å²) in [6.45, 7) is 1.61. The molecule has 17 heavy (non-hydrogen) atoms. The third-order valence-electron chi connectivity index (χ3n) is 2.35. The normalized spacial score (nSPS) is 9.76. The second kappa shape index (κ2) is 5.20. The lowest BCUT2D eigenvalue weighted by atomic mass is 10.0. The van der Waals surface area contributed by atoms with Gasteiger partial charge in [0.25, 0.3) is 5.69 Å². The van der Waals surface area contributed by atoms with Crippen LogP contribution in [0.2, 0.25) is 0 Å². The first-order chi connectivity index (χ1) is 7.99. The third-order valence-corrected chi connectivity index (χ3v) is 2.35. The minimum Gasteiger partial charge on any atom is -0.469 e. The van der Waals surface area contributed by atoms with Gasteiger partial charge in [-0.2, -0.15) is 0 Å². The van der Waals surface area contributed by atoms with Crippen LogP contribution >= 0.6 is 0 Å². The maximum Gasteiger partial charge on any atom is 0.310 e. The number of carbonyl (C=O) groups excluding carboxylic acids is 2. The van der Waals surface area contributed by atoms with Crippen LogP contribution in [-0.4, -0.2) is 24.3 Å². The number of rotatable bonds is 4. The molecule has 0 fully saturated rings. The molecule has 1 aromatic carbocycles. The SMILES string of the molecule is COC(=O)Cc1c(C)cc(C=O)cc1[N+](=O)[O-]. The van der Waals surface area contributed by atoms with E-state index in [-0.39, 0.29) is 23.2 Å². The maximum absolute atomic E-state index is 11.1. The first-order valence-electron chi connectivity index (χ1n) is 4.79. The second-order valence-electron chi connectivity index (χ2n) is 3.46. The molecule has 0 aliphatic rings. The van der Waals surface area contributed by atoms with Gasteiger partial charge < -0.3 is 4.74 Å². The van der Waals surface area contributed by atoms with E-state index >= 15 is 0 Å². The van der Waals surface area contributed by atoms with Gasteiger partial charge in [-0.1, -0.05) is 0 Å². The van der Waals surface area contributed by atoms with E-state index in [9.17, 15) is 19.7 Å². The Hall–Kier alpha value is -2.24. The molecule has 1 rings (SSSR count). The van der Waals surface area contributed by atoms with Crippen LogP contribution < -0.4 is 0 Å². The summed E-state index contributed by atoms with van der Waals surface area (Å²) >= 11 is 0. The topological polar surface area (TPSA) is 86.5 Å². The fourth-order valence-corrected chi connectivity index (χ4v) is 1.50. The molecule has 0 atom stereocenters. The number of aryl methyl sites for hydroxylation is 1. The van der Waals surface area contributed by atoms with Crippen LogP contribution in [0.25, 0.3) is 0 Å². The average Bonchev–Trinajstić information content (AvgIpc) is 2.30. The third kappa shape index (κ3) is 2.87. The van der Waals surface area contributed by atoms with E-state index in [1.807, 2.05) is 0 Å². The van der Waals surface area contributed by atoms with Crippen LogP contribution in [0.1, 0.15) is 21.5 Å². The number of hydrogen-bond donors (Lipinski definition) is 0. The first kappa shape index (κ1) is 12.8. The van der Waals surface area contributed by atoms with Gasteiger partial charge in [-0.3, -0.25) is 19.7 Å². The van der Waals surface area contributed by atoms with Crippen molar-refractivity contribution in [1.29, 1.82) is 0 Å². The Morgan fingerprint density at radius 1 is 1.53 bits per heavy atom. The standard InChI is InChI=1S/C11H11NO5/c1-7-3-8(6-13)4-10(12(15)16)9(7)5-11(14)17-2/h3-4,6H,5H2,1-2H3. The lowest BCUT2D eigenvalue weighted by Gasteiger charge is -2.06. The molecule has 6 heteroatoms. The minimum atomic E-state index is -0.613. The largest absolute Gasteiger partial charge is 0.469 e. The van der Waals surface area contributed by atoms with Crippen LogP contribution in [-0.2, 0) is 16.0 Å². The maximum atomic E-state index is 11.1. The van der Waals surface area contributed by atoms with Crippen molar-refractivity contribution in [1.82, 2.24) is 0 Å². The molecule has 0 heterocycles. The van der Waals surface area contributed by atoms with E-state index in [0.29, 0.717) is 11.8 Å². The molecule has 0 saturated heterocycles. The Kier molecular flexibility index (Phi) is 3.92. The van der Waals surface area contributed by atoms with Crippen molar-refractivity contribution in [3.8, 4) is 0 Å². The Morgan fingerprint density at radius 2 is 2.18 bits per heavy atom. The number of esters is 1. The lowest BCUT2D eigenvalue weighted by Crippen LogP contribution is -2.09. The van der Waals surface area contributed by atoms with Crippen LogP contribution in [0, 0.1) is 17.0 Å². The monoisotopic (exact) mass is 237 g/mol. The summed E-state index contributed by atoms with van der Waals surface area (Å²) in [6, 6.07) is 2.65. The number of methoxy groups -OCH3 is 1. The van der Waals surface area contributed by atoms with E-state index in [1.54, 1.807) is 6.92 Å². The highest BCUT2D eigenvalue weighted by Crippen LogP contribution is 2.24. The van der Waals surface area contributed by atoms with Gasteiger partial charge in [0, 0.05) is 17.2 Å². The van der Waals surface area contributed by atoms with Gasteiger partial charge in [0.1, 0.15) is 6.29 Å². The van der Waals surface area contributed by atoms with E-state index in [4.69, 9.17) is 0 Å². The van der Waals surface area contributed by atoms with Gasteiger partial charge in [0.05, 0.1) is 18.5 Å². The van der Waals surface area contributed by atoms with Crippen LogP contribution in [0.5, 0.6) is 0 Å². The molecule has 90 valence electrons. The van der Waals surface area contributed by atoms with Crippen molar-refractivity contribution in [3.05, 3.63) is 38.9 Å². The molecule has 0 aromatic heterocycles. The number of nitrogens with zero attached hydrogens (tertiary/aromatic N) is 1. The summed E-state index contributed by atoms with van der Waals surface area (Å²) in [4.78, 5) is 32.0. The fourth-order valence-electron chi connectivity index (χ4n) is 1.50. The van der Waals surface area contributed by atoms with Crippen molar-refractivity contribution in [3.63, 3.8) is 0 Å². The molecule has 0 unspecified atom stereocenters. The number of carbonyl (C=O) groups is 2. The zero-order chi connectivity index (χ0) is 13.0. The smallest absolute Gasteiger partial charge is 0.310 e. The molecule has 0 radical (unpaired) electrons. The Labute approximate surface area is 97.3 Å². The van der Waals surface area contributed by atoms with E-state index < -0.39 is 10.9 Å². The molecule has 0 amide bonds. The van der Waals surface area contributed by atoms with Gasteiger partial charge in [-0.25, -0.2) is 0 Å². The number of nitro groups is 1. The molecule has 0 N–H and O–H groups in total. The average molecular weight is 237 g/mol. The molecule has 0 saturated carbocycles. The highest BCUT2D eigenvalue weighted by atomic mass is 16.6. The van der Waals surface area contributed by atoms with E-state index in [1.165, 1.54) is 13.2 Å². The first-order valence-corrected chi connectivity index (χ1v) is 4.79. The molecule has 1 aromatic rings. The highest BCUT2D eigenvalue weighted by Gasteiger charge is 2.20. The van der Waals surface area contributed by atoms with Crippen molar-refractivity contribution < 1.29 is 19.2 Å². The molecular weight excluding hydrogens is 226 g/mol. The van der Waals surface area contributed by atoms with Crippen molar-refractivity contribution in [2.75, 3.05) is 7.11 Å². The zero-order valence-corrected chi connectivity index (χ0v) is 9.43. The van der Waals surface area contributed by atoms with Gasteiger partial charge in [0.15, 0.2) is 0 Å². The predicted molar refractivity (Wildman–Crippen MR) is 58.9 cm³/mol. The second-order valence-corrected chi connectivity index (χ2v) is 3.46. The van der Waals surface area contributed by atoms with Gasteiger partial charge in [-0.15, -0.1) is 0 Å². The summed E-state index contributed by atoms with van der Waals surface area (Å²) in [7, 11) is 1.21. The van der Waals surface area contributed by atoms with E-state index in [2.05, 4.69) is 4.74 Å².